The highest BCUT2D eigenvalue weighted by atomic mass is 79.9. The molecule has 2 amide bonds. The van der Waals surface area contributed by atoms with Crippen LogP contribution in [-0.2, 0) is 9.59 Å². The number of nitrogens with zero attached hydrogens (tertiary/aromatic N) is 1. The van der Waals surface area contributed by atoms with Crippen molar-refractivity contribution in [3.05, 3.63) is 42.5 Å². The summed E-state index contributed by atoms with van der Waals surface area (Å²) in [6.07, 6.45) is 0.963. The Morgan fingerprint density at radius 1 is 0.833 bits per heavy atom. The average Bonchev–Trinajstić information content (AvgIpc) is 3.19. The Kier molecular flexibility index (Phi) is 3.24. The lowest BCUT2D eigenvalue weighted by Crippen LogP contribution is -2.37. The summed E-state index contributed by atoms with van der Waals surface area (Å²) in [4.78, 5) is 28.1. The molecule has 5 rings (SSSR count). The molecule has 0 aromatic heterocycles. The van der Waals surface area contributed by atoms with Gasteiger partial charge in [0.1, 0.15) is 0 Å². The Labute approximate surface area is 156 Å². The molecule has 2 saturated carbocycles. The smallest absolute Gasteiger partial charge is 0.238 e. The van der Waals surface area contributed by atoms with Crippen LogP contribution in [0.4, 0.5) is 5.69 Å². The predicted molar refractivity (Wildman–Crippen MR) is 100 cm³/mol. The van der Waals surface area contributed by atoms with Gasteiger partial charge in [0.15, 0.2) is 0 Å². The largest absolute Gasteiger partial charge is 0.274 e. The first-order chi connectivity index (χ1) is 11.6. The monoisotopic (exact) mass is 447 g/mol. The maximum absolute atomic E-state index is 13.0. The van der Waals surface area contributed by atoms with E-state index in [4.69, 9.17) is 0 Å². The molecule has 0 radical (unpaired) electrons. The molecular formula is C19H15Br2NO2. The molecule has 2 aromatic carbocycles. The van der Waals surface area contributed by atoms with Crippen LogP contribution in [0.15, 0.2) is 42.5 Å². The fourth-order valence-electron chi connectivity index (χ4n) is 4.92. The van der Waals surface area contributed by atoms with Gasteiger partial charge in [-0.15, -0.1) is 0 Å². The molecule has 3 aliphatic rings. The Bertz CT molecular complexity index is 851. The van der Waals surface area contributed by atoms with Gasteiger partial charge in [0.05, 0.1) is 17.5 Å². The summed E-state index contributed by atoms with van der Waals surface area (Å²) in [5.41, 5.74) is 0.703. The molecule has 2 aliphatic carbocycles. The molecule has 2 aromatic rings. The first-order valence-electron chi connectivity index (χ1n) is 8.22. The minimum atomic E-state index is -0.160. The maximum atomic E-state index is 13.0. The fourth-order valence-corrected chi connectivity index (χ4v) is 6.79. The van der Waals surface area contributed by atoms with Crippen molar-refractivity contribution in [2.75, 3.05) is 4.90 Å². The Balaban J connectivity index is 1.57. The minimum Gasteiger partial charge on any atom is -0.274 e. The van der Waals surface area contributed by atoms with E-state index in [0.29, 0.717) is 5.69 Å². The molecule has 6 atom stereocenters. The van der Waals surface area contributed by atoms with Crippen molar-refractivity contribution in [1.29, 1.82) is 0 Å². The summed E-state index contributed by atoms with van der Waals surface area (Å²) >= 11 is 7.45. The third-order valence-corrected chi connectivity index (χ3v) is 9.18. The van der Waals surface area contributed by atoms with E-state index in [2.05, 4.69) is 31.9 Å². The van der Waals surface area contributed by atoms with Crippen molar-refractivity contribution in [1.82, 2.24) is 0 Å². The topological polar surface area (TPSA) is 37.4 Å². The molecule has 0 N–H and O–H groups in total. The van der Waals surface area contributed by atoms with Gasteiger partial charge in [-0.1, -0.05) is 62.2 Å². The van der Waals surface area contributed by atoms with Crippen molar-refractivity contribution in [2.24, 2.45) is 23.7 Å². The van der Waals surface area contributed by atoms with Crippen LogP contribution in [0.3, 0.4) is 0 Å². The van der Waals surface area contributed by atoms with E-state index >= 15 is 0 Å². The van der Waals surface area contributed by atoms with Crippen LogP contribution in [0.5, 0.6) is 0 Å². The molecule has 24 heavy (non-hydrogen) atoms. The summed E-state index contributed by atoms with van der Waals surface area (Å²) in [5, 5.41) is 2.16. The highest BCUT2D eigenvalue weighted by Crippen LogP contribution is 2.60. The zero-order valence-corrected chi connectivity index (χ0v) is 15.9. The van der Waals surface area contributed by atoms with E-state index in [0.717, 1.165) is 17.2 Å². The summed E-state index contributed by atoms with van der Waals surface area (Å²) < 4.78 is 0. The van der Waals surface area contributed by atoms with Crippen LogP contribution >= 0.6 is 31.9 Å². The third-order valence-electron chi connectivity index (χ3n) is 5.98. The highest BCUT2D eigenvalue weighted by molar-refractivity contribution is 9.12. The predicted octanol–water partition coefficient (Wildman–Crippen LogP) is 4.12. The van der Waals surface area contributed by atoms with Crippen molar-refractivity contribution in [3.63, 3.8) is 0 Å². The fraction of sp³-hybridized carbons (Fsp3) is 0.368. The molecule has 1 saturated heterocycles. The molecule has 3 nitrogen and oxygen atoms in total. The standard InChI is InChI=1S/C19H15Br2NO2/c20-16-12-8-13(17(16)21)15-14(12)18(23)22(19(15)24)11-6-5-9-3-1-2-4-10(9)7-11/h1-7,12-17H,8H2/t12-,13+,14-,15-,16+,17-/m0/s1. The molecular weight excluding hydrogens is 434 g/mol. The molecule has 2 bridgehead atoms. The second-order valence-corrected chi connectivity index (χ2v) is 9.16. The van der Waals surface area contributed by atoms with Gasteiger partial charge in [-0.2, -0.15) is 0 Å². The molecule has 3 fully saturated rings. The highest BCUT2D eigenvalue weighted by Gasteiger charge is 2.66. The number of hydrogen-bond donors (Lipinski definition) is 0. The SMILES string of the molecule is O=C1[C@H]2[C@@H]3C[C@@H]([C@H](Br)[C@@H]3Br)[C@@H]2C(=O)N1c1ccc2ccccc2c1. The van der Waals surface area contributed by atoms with Gasteiger partial charge in [-0.05, 0) is 41.2 Å². The summed E-state index contributed by atoms with van der Waals surface area (Å²) in [5.74, 6) is 0.158. The number of hydrogen-bond acceptors (Lipinski definition) is 2. The summed E-state index contributed by atoms with van der Waals surface area (Å²) in [6, 6.07) is 13.8. The Morgan fingerprint density at radius 2 is 1.42 bits per heavy atom. The molecule has 1 aliphatic heterocycles. The van der Waals surface area contributed by atoms with Gasteiger partial charge >= 0.3 is 0 Å². The van der Waals surface area contributed by atoms with Gasteiger partial charge in [0.25, 0.3) is 0 Å². The van der Waals surface area contributed by atoms with Crippen molar-refractivity contribution in [2.45, 2.75) is 16.1 Å². The van der Waals surface area contributed by atoms with Crippen LogP contribution in [0.25, 0.3) is 10.8 Å². The average molecular weight is 449 g/mol. The number of carbonyl (C=O) groups is 2. The lowest BCUT2D eigenvalue weighted by molar-refractivity contribution is -0.123. The number of fused-ring (bicyclic) bond motifs is 6. The van der Waals surface area contributed by atoms with Crippen LogP contribution in [-0.4, -0.2) is 21.5 Å². The number of carbonyl (C=O) groups excluding carboxylic acids is 2. The van der Waals surface area contributed by atoms with Crippen LogP contribution in [0.1, 0.15) is 6.42 Å². The Hall–Kier alpha value is -1.20. The van der Waals surface area contributed by atoms with E-state index in [1.54, 1.807) is 0 Å². The Morgan fingerprint density at radius 3 is 2.04 bits per heavy atom. The normalized spacial score (nSPS) is 37.5. The second kappa shape index (κ2) is 5.15. The van der Waals surface area contributed by atoms with Crippen molar-refractivity contribution in [3.8, 4) is 0 Å². The van der Waals surface area contributed by atoms with Gasteiger partial charge in [-0.25, -0.2) is 0 Å². The zero-order chi connectivity index (χ0) is 16.6. The molecule has 0 unspecified atom stereocenters. The number of halogens is 2. The van der Waals surface area contributed by atoms with Crippen LogP contribution in [0, 0.1) is 23.7 Å². The molecule has 5 heteroatoms. The first-order valence-corrected chi connectivity index (χ1v) is 10.1. The second-order valence-electron chi connectivity index (χ2n) is 7.05. The number of benzene rings is 2. The maximum Gasteiger partial charge on any atom is 0.238 e. The van der Waals surface area contributed by atoms with E-state index in [1.807, 2.05) is 42.5 Å². The van der Waals surface area contributed by atoms with Gasteiger partial charge < -0.3 is 0 Å². The van der Waals surface area contributed by atoms with E-state index in [-0.39, 0.29) is 45.1 Å². The van der Waals surface area contributed by atoms with Crippen molar-refractivity contribution < 1.29 is 9.59 Å². The zero-order valence-electron chi connectivity index (χ0n) is 12.7. The quantitative estimate of drug-likeness (QED) is 0.486. The number of amides is 2. The number of anilines is 1. The molecule has 1 heterocycles. The van der Waals surface area contributed by atoms with Crippen LogP contribution in [0.2, 0.25) is 0 Å². The van der Waals surface area contributed by atoms with Gasteiger partial charge in [-0.3, -0.25) is 14.5 Å². The first kappa shape index (κ1) is 15.1. The number of alkyl halides is 2. The summed E-state index contributed by atoms with van der Waals surface area (Å²) in [7, 11) is 0. The van der Waals surface area contributed by atoms with Crippen LogP contribution < -0.4 is 4.90 Å². The number of rotatable bonds is 1. The third kappa shape index (κ3) is 1.83. The van der Waals surface area contributed by atoms with Gasteiger partial charge in [0, 0.05) is 9.65 Å². The lowest BCUT2D eigenvalue weighted by atomic mass is 9.81. The van der Waals surface area contributed by atoms with E-state index in [9.17, 15) is 9.59 Å². The van der Waals surface area contributed by atoms with E-state index < -0.39 is 0 Å². The minimum absolute atomic E-state index is 0.0170. The van der Waals surface area contributed by atoms with Crippen molar-refractivity contribution >= 4 is 60.1 Å². The van der Waals surface area contributed by atoms with E-state index in [1.165, 1.54) is 4.90 Å². The molecule has 122 valence electrons. The lowest BCUT2D eigenvalue weighted by Gasteiger charge is -2.28. The molecule has 0 spiro atoms. The summed E-state index contributed by atoms with van der Waals surface area (Å²) in [6.45, 7) is 0. The van der Waals surface area contributed by atoms with Gasteiger partial charge in [0.2, 0.25) is 11.8 Å². The number of imide groups is 1.